The van der Waals surface area contributed by atoms with Crippen LogP contribution in [0.15, 0.2) is 72.8 Å². The van der Waals surface area contributed by atoms with Gasteiger partial charge < -0.3 is 14.8 Å². The van der Waals surface area contributed by atoms with E-state index in [1.54, 1.807) is 26.2 Å². The summed E-state index contributed by atoms with van der Waals surface area (Å²) in [5.74, 6) is 1.15. The van der Waals surface area contributed by atoms with E-state index >= 15 is 0 Å². The number of methoxy groups -OCH3 is 1. The van der Waals surface area contributed by atoms with Crippen molar-refractivity contribution in [2.45, 2.75) is 19.6 Å². The Labute approximate surface area is 170 Å². The lowest BCUT2D eigenvalue weighted by molar-refractivity contribution is -0.127. The van der Waals surface area contributed by atoms with Crippen LogP contribution in [0.25, 0.3) is 11.1 Å². The molecule has 146 valence electrons. The first-order valence-electron chi connectivity index (χ1n) is 9.27. The topological polar surface area (TPSA) is 71.3 Å². The highest BCUT2D eigenvalue weighted by atomic mass is 16.5. The summed E-state index contributed by atoms with van der Waals surface area (Å²) in [6.07, 6.45) is -0.634. The summed E-state index contributed by atoms with van der Waals surface area (Å²) < 4.78 is 11.1. The number of carbonyl (C=O) groups is 1. The second-order valence-electron chi connectivity index (χ2n) is 6.50. The first kappa shape index (κ1) is 20.0. The zero-order valence-corrected chi connectivity index (χ0v) is 16.4. The van der Waals surface area contributed by atoms with Crippen LogP contribution in [-0.4, -0.2) is 19.1 Å². The molecule has 1 N–H and O–H groups in total. The van der Waals surface area contributed by atoms with E-state index in [1.807, 2.05) is 60.7 Å². The second-order valence-corrected chi connectivity index (χ2v) is 6.50. The van der Waals surface area contributed by atoms with Gasteiger partial charge in [-0.3, -0.25) is 4.79 Å². The van der Waals surface area contributed by atoms with Crippen molar-refractivity contribution in [2.75, 3.05) is 7.11 Å². The Hall–Kier alpha value is -3.78. The van der Waals surface area contributed by atoms with Crippen LogP contribution in [0, 0.1) is 11.3 Å². The van der Waals surface area contributed by atoms with Gasteiger partial charge in [0.1, 0.15) is 11.5 Å². The van der Waals surface area contributed by atoms with Crippen molar-refractivity contribution in [2.24, 2.45) is 0 Å². The van der Waals surface area contributed by atoms with Crippen molar-refractivity contribution in [3.8, 4) is 28.7 Å². The third kappa shape index (κ3) is 5.14. The van der Waals surface area contributed by atoms with Gasteiger partial charge in [-0.15, -0.1) is 0 Å². The Morgan fingerprint density at radius 2 is 1.62 bits per heavy atom. The Bertz CT molecular complexity index is 1010. The summed E-state index contributed by atoms with van der Waals surface area (Å²) in [4.78, 5) is 12.4. The average molecular weight is 386 g/mol. The summed E-state index contributed by atoms with van der Waals surface area (Å²) in [5.41, 5.74) is 3.55. The van der Waals surface area contributed by atoms with E-state index in [0.29, 0.717) is 17.9 Å². The van der Waals surface area contributed by atoms with E-state index in [9.17, 15) is 4.79 Å². The van der Waals surface area contributed by atoms with Crippen molar-refractivity contribution in [1.82, 2.24) is 5.32 Å². The molecular formula is C24H22N2O3. The smallest absolute Gasteiger partial charge is 0.261 e. The lowest BCUT2D eigenvalue weighted by Crippen LogP contribution is -2.35. The average Bonchev–Trinajstić information content (AvgIpc) is 2.78. The van der Waals surface area contributed by atoms with Gasteiger partial charge in [-0.25, -0.2) is 0 Å². The fourth-order valence-electron chi connectivity index (χ4n) is 2.90. The second kappa shape index (κ2) is 9.43. The van der Waals surface area contributed by atoms with Gasteiger partial charge in [-0.2, -0.15) is 5.26 Å². The van der Waals surface area contributed by atoms with Crippen LogP contribution >= 0.6 is 0 Å². The number of benzene rings is 3. The maximum atomic E-state index is 12.4. The molecule has 0 saturated heterocycles. The predicted molar refractivity (Wildman–Crippen MR) is 112 cm³/mol. The Morgan fingerprint density at radius 3 is 2.24 bits per heavy atom. The Morgan fingerprint density at radius 1 is 1.00 bits per heavy atom. The first-order chi connectivity index (χ1) is 14.1. The van der Waals surface area contributed by atoms with E-state index in [-0.39, 0.29) is 5.91 Å². The highest BCUT2D eigenvalue weighted by Crippen LogP contribution is 2.23. The van der Waals surface area contributed by atoms with Crippen LogP contribution in [-0.2, 0) is 11.3 Å². The predicted octanol–water partition coefficient (Wildman–Crippen LogP) is 4.32. The van der Waals surface area contributed by atoms with Crippen molar-refractivity contribution < 1.29 is 14.3 Å². The quantitative estimate of drug-likeness (QED) is 0.656. The van der Waals surface area contributed by atoms with Crippen molar-refractivity contribution >= 4 is 5.91 Å². The minimum atomic E-state index is -0.634. The van der Waals surface area contributed by atoms with Crippen molar-refractivity contribution in [3.05, 3.63) is 83.9 Å². The molecule has 3 rings (SSSR count). The monoisotopic (exact) mass is 386 g/mol. The molecule has 0 heterocycles. The molecule has 0 saturated carbocycles. The van der Waals surface area contributed by atoms with E-state index in [4.69, 9.17) is 14.7 Å². The third-order valence-electron chi connectivity index (χ3n) is 4.53. The molecule has 3 aromatic carbocycles. The maximum absolute atomic E-state index is 12.4. The lowest BCUT2D eigenvalue weighted by atomic mass is 10.0. The van der Waals surface area contributed by atoms with Crippen LogP contribution in [0.5, 0.6) is 11.5 Å². The van der Waals surface area contributed by atoms with Crippen molar-refractivity contribution in [3.63, 3.8) is 0 Å². The summed E-state index contributed by atoms with van der Waals surface area (Å²) in [6.45, 7) is 2.08. The van der Waals surface area contributed by atoms with E-state index in [0.717, 1.165) is 22.4 Å². The molecular weight excluding hydrogens is 364 g/mol. The number of nitrogens with zero attached hydrogens (tertiary/aromatic N) is 1. The third-order valence-corrected chi connectivity index (χ3v) is 4.53. The molecule has 0 aliphatic heterocycles. The van der Waals surface area contributed by atoms with E-state index in [2.05, 4.69) is 11.4 Å². The lowest BCUT2D eigenvalue weighted by Gasteiger charge is -2.16. The van der Waals surface area contributed by atoms with Gasteiger partial charge in [-0.05, 0) is 48.4 Å². The molecule has 1 amide bonds. The zero-order chi connectivity index (χ0) is 20.6. The highest BCUT2D eigenvalue weighted by molar-refractivity contribution is 5.80. The van der Waals surface area contributed by atoms with Crippen LogP contribution < -0.4 is 14.8 Å². The molecule has 3 aromatic rings. The number of hydrogen-bond donors (Lipinski definition) is 1. The molecule has 0 spiro atoms. The SMILES string of the molecule is COc1ccccc1CNC(=O)C(C)Oc1ccc(-c2ccc(C#N)cc2)cc1. The molecule has 0 aromatic heterocycles. The van der Waals surface area contributed by atoms with E-state index in [1.165, 1.54) is 0 Å². The fraction of sp³-hybridized carbons (Fsp3) is 0.167. The minimum absolute atomic E-state index is 0.202. The normalized spacial score (nSPS) is 11.2. The number of rotatable bonds is 7. The minimum Gasteiger partial charge on any atom is -0.496 e. The maximum Gasteiger partial charge on any atom is 0.261 e. The molecule has 0 bridgehead atoms. The molecule has 5 nitrogen and oxygen atoms in total. The number of amides is 1. The summed E-state index contributed by atoms with van der Waals surface area (Å²) in [7, 11) is 1.61. The van der Waals surface area contributed by atoms with Crippen molar-refractivity contribution in [1.29, 1.82) is 5.26 Å². The molecule has 0 aliphatic rings. The number of carbonyl (C=O) groups excluding carboxylic acids is 1. The number of nitriles is 1. The standard InChI is InChI=1S/C24H22N2O3/c1-17(24(27)26-16-21-5-3-4-6-23(21)28-2)29-22-13-11-20(12-14-22)19-9-7-18(15-25)8-10-19/h3-14,17H,16H2,1-2H3,(H,26,27). The Balaban J connectivity index is 1.57. The summed E-state index contributed by atoms with van der Waals surface area (Å²) in [5, 5.41) is 11.8. The van der Waals surface area contributed by atoms with Gasteiger partial charge in [0.15, 0.2) is 6.10 Å². The number of nitrogens with one attached hydrogen (secondary N) is 1. The zero-order valence-electron chi connectivity index (χ0n) is 16.4. The van der Waals surface area contributed by atoms with Crippen LogP contribution in [0.1, 0.15) is 18.1 Å². The van der Waals surface area contributed by atoms with E-state index < -0.39 is 6.10 Å². The van der Waals surface area contributed by atoms with Gasteiger partial charge >= 0.3 is 0 Å². The number of para-hydroxylation sites is 1. The van der Waals surface area contributed by atoms with Gasteiger partial charge in [0.2, 0.25) is 0 Å². The van der Waals surface area contributed by atoms with Crippen LogP contribution in [0.2, 0.25) is 0 Å². The molecule has 0 fully saturated rings. The summed E-state index contributed by atoms with van der Waals surface area (Å²) in [6, 6.07) is 24.6. The fourth-order valence-corrected chi connectivity index (χ4v) is 2.90. The molecule has 29 heavy (non-hydrogen) atoms. The van der Waals surface area contributed by atoms with Gasteiger partial charge in [-0.1, -0.05) is 42.5 Å². The largest absolute Gasteiger partial charge is 0.496 e. The molecule has 0 radical (unpaired) electrons. The van der Waals surface area contributed by atoms with Gasteiger partial charge in [0.25, 0.3) is 5.91 Å². The first-order valence-corrected chi connectivity index (χ1v) is 9.27. The molecule has 0 aliphatic carbocycles. The van der Waals surface area contributed by atoms with Crippen LogP contribution in [0.4, 0.5) is 0 Å². The highest BCUT2D eigenvalue weighted by Gasteiger charge is 2.15. The molecule has 1 atom stereocenters. The van der Waals surface area contributed by atoms with Gasteiger partial charge in [0, 0.05) is 12.1 Å². The Kier molecular flexibility index (Phi) is 6.49. The molecule has 5 heteroatoms. The number of ether oxygens (including phenoxy) is 2. The van der Waals surface area contributed by atoms with Gasteiger partial charge in [0.05, 0.1) is 18.7 Å². The number of hydrogen-bond acceptors (Lipinski definition) is 4. The molecule has 1 unspecified atom stereocenters. The van der Waals surface area contributed by atoms with Crippen LogP contribution in [0.3, 0.4) is 0 Å². The summed E-state index contributed by atoms with van der Waals surface area (Å²) >= 11 is 0.